The van der Waals surface area contributed by atoms with Gasteiger partial charge in [-0.2, -0.15) is 14.5 Å². The molecular formula is C27H29FN8S. The molecule has 0 radical (unpaired) electrons. The number of aromatic amines is 2. The third-order valence-electron chi connectivity index (χ3n) is 6.71. The average molecular weight is 517 g/mol. The Labute approximate surface area is 214 Å². The van der Waals surface area contributed by atoms with Gasteiger partial charge in [0.05, 0.1) is 22.9 Å². The van der Waals surface area contributed by atoms with Crippen LogP contribution >= 0.6 is 9.39 Å². The highest BCUT2D eigenvalue weighted by Crippen LogP contribution is 2.33. The van der Waals surface area contributed by atoms with Crippen molar-refractivity contribution in [2.45, 2.75) is 25.3 Å². The molecule has 8 nitrogen and oxygen atoms in total. The van der Waals surface area contributed by atoms with Crippen LogP contribution in [-0.4, -0.2) is 61.2 Å². The number of imidazole rings is 1. The highest BCUT2D eigenvalue weighted by atomic mass is 32.2. The zero-order valence-corrected chi connectivity index (χ0v) is 21.5. The first-order valence-corrected chi connectivity index (χ1v) is 14.6. The van der Waals surface area contributed by atoms with Crippen LogP contribution in [0, 0.1) is 5.82 Å². The molecule has 0 aliphatic carbocycles. The number of fused-ring (bicyclic) bond motifs is 2. The van der Waals surface area contributed by atoms with Crippen LogP contribution in [0.3, 0.4) is 0 Å². The number of H-pyrrole nitrogens is 2. The van der Waals surface area contributed by atoms with E-state index in [-0.39, 0.29) is 5.82 Å². The summed E-state index contributed by atoms with van der Waals surface area (Å²) in [6.45, 7) is 2.48. The van der Waals surface area contributed by atoms with E-state index >= 15 is 0 Å². The summed E-state index contributed by atoms with van der Waals surface area (Å²) in [6, 6.07) is 8.93. The summed E-state index contributed by atoms with van der Waals surface area (Å²) in [6.07, 6.45) is 7.65. The van der Waals surface area contributed by atoms with E-state index in [2.05, 4.69) is 48.0 Å². The Bertz CT molecular complexity index is 1710. The lowest BCUT2D eigenvalue weighted by atomic mass is 9.93. The number of pyridine rings is 2. The summed E-state index contributed by atoms with van der Waals surface area (Å²) in [5.74, 6) is 8.81. The lowest BCUT2D eigenvalue weighted by Gasteiger charge is -2.21. The van der Waals surface area contributed by atoms with Gasteiger partial charge in [0.25, 0.3) is 0 Å². The minimum Gasteiger partial charge on any atom is -0.336 e. The Morgan fingerprint density at radius 3 is 2.73 bits per heavy atom. The van der Waals surface area contributed by atoms with Gasteiger partial charge in [-0.05, 0) is 68.1 Å². The van der Waals surface area contributed by atoms with Gasteiger partial charge < -0.3 is 10.3 Å². The first kappa shape index (κ1) is 23.8. The van der Waals surface area contributed by atoms with Crippen molar-refractivity contribution in [3.8, 4) is 22.8 Å². The van der Waals surface area contributed by atoms with Crippen LogP contribution in [0.2, 0.25) is 0 Å². The van der Waals surface area contributed by atoms with Crippen LogP contribution in [0.25, 0.3) is 44.7 Å². The van der Waals surface area contributed by atoms with Crippen LogP contribution in [0.5, 0.6) is 0 Å². The van der Waals surface area contributed by atoms with Gasteiger partial charge in [-0.1, -0.05) is 11.7 Å². The maximum absolute atomic E-state index is 14.6. The molecule has 10 heteroatoms. The standard InChI is InChI=1S/C27H29FN8S/c1-37(2,3)32-14-16-10-18(12-19(28)11-16)24-26-21(6-9-30-24)33-27(34-26)25-20-13-22(17-4-7-29-8-5-17)31-15-23(20)35-36-25/h6,9-13,15,17,29,32H,1-2,4-5,7-8,14H2,3H3,(H,33,34)(H,35,36). The lowest BCUT2D eigenvalue weighted by molar-refractivity contribution is 0.453. The fourth-order valence-corrected chi connectivity index (χ4v) is 5.37. The summed E-state index contributed by atoms with van der Waals surface area (Å²) < 4.78 is 17.9. The maximum Gasteiger partial charge on any atom is 0.159 e. The molecule has 1 aromatic carbocycles. The van der Waals surface area contributed by atoms with Crippen molar-refractivity contribution in [1.29, 1.82) is 0 Å². The Morgan fingerprint density at radius 1 is 1.08 bits per heavy atom. The molecular weight excluding hydrogens is 487 g/mol. The van der Waals surface area contributed by atoms with E-state index in [1.165, 1.54) is 12.1 Å². The second-order valence-electron chi connectivity index (χ2n) is 9.84. The number of nitrogens with one attached hydrogen (secondary N) is 4. The van der Waals surface area contributed by atoms with Gasteiger partial charge >= 0.3 is 0 Å². The molecule has 1 aliphatic rings. The molecule has 5 heterocycles. The summed E-state index contributed by atoms with van der Waals surface area (Å²) >= 11 is 0. The van der Waals surface area contributed by atoms with Gasteiger partial charge in [0.2, 0.25) is 0 Å². The molecule has 5 aromatic rings. The van der Waals surface area contributed by atoms with Gasteiger partial charge in [0.1, 0.15) is 17.0 Å². The number of hydrogen-bond donors (Lipinski definition) is 4. The van der Waals surface area contributed by atoms with Crippen molar-refractivity contribution in [2.75, 3.05) is 19.3 Å². The summed E-state index contributed by atoms with van der Waals surface area (Å²) in [5, 5.41) is 12.0. The fraction of sp³-hybridized carbons (Fsp3) is 0.259. The monoisotopic (exact) mass is 516 g/mol. The van der Waals surface area contributed by atoms with Crippen LogP contribution in [0.15, 0.2) is 42.7 Å². The van der Waals surface area contributed by atoms with Crippen LogP contribution < -0.4 is 10.0 Å². The van der Waals surface area contributed by atoms with Crippen molar-refractivity contribution in [3.63, 3.8) is 0 Å². The van der Waals surface area contributed by atoms with Gasteiger partial charge in [0.15, 0.2) is 5.82 Å². The van der Waals surface area contributed by atoms with Crippen molar-refractivity contribution in [3.05, 3.63) is 59.8 Å². The Morgan fingerprint density at radius 2 is 1.92 bits per heavy atom. The van der Waals surface area contributed by atoms with E-state index in [0.717, 1.165) is 59.3 Å². The van der Waals surface area contributed by atoms with Crippen LogP contribution in [0.4, 0.5) is 4.39 Å². The largest absolute Gasteiger partial charge is 0.336 e. The van der Waals surface area contributed by atoms with Crippen molar-refractivity contribution in [2.24, 2.45) is 0 Å². The maximum atomic E-state index is 14.6. The predicted molar refractivity (Wildman–Crippen MR) is 152 cm³/mol. The number of aromatic nitrogens is 6. The topological polar surface area (TPSA) is 107 Å². The predicted octanol–water partition coefficient (Wildman–Crippen LogP) is 4.47. The summed E-state index contributed by atoms with van der Waals surface area (Å²) in [5.41, 5.74) is 6.21. The normalized spacial score (nSPS) is 15.1. The third kappa shape index (κ3) is 4.87. The number of benzene rings is 1. The molecule has 4 N–H and O–H groups in total. The molecule has 190 valence electrons. The van der Waals surface area contributed by atoms with E-state index in [0.29, 0.717) is 35.1 Å². The number of piperidine rings is 1. The van der Waals surface area contributed by atoms with Crippen LogP contribution in [-0.2, 0) is 6.54 Å². The van der Waals surface area contributed by atoms with Crippen molar-refractivity contribution >= 4 is 43.1 Å². The van der Waals surface area contributed by atoms with Crippen LogP contribution in [0.1, 0.15) is 30.0 Å². The van der Waals surface area contributed by atoms with Gasteiger partial charge in [0, 0.05) is 35.3 Å². The SMILES string of the molecule is C=S(=C)(C)NCc1cc(F)cc(-c2nccc3[nH]c(-c4n[nH]c5cnc(C6CCNCC6)cc45)nc23)c1. The van der Waals surface area contributed by atoms with Gasteiger partial charge in [-0.3, -0.25) is 19.8 Å². The first-order chi connectivity index (χ1) is 17.8. The number of halogens is 1. The molecule has 0 unspecified atom stereocenters. The Balaban J connectivity index is 1.40. The quantitative estimate of drug-likeness (QED) is 0.248. The Kier molecular flexibility index (Phi) is 6.02. The molecule has 1 aliphatic heterocycles. The fourth-order valence-electron chi connectivity index (χ4n) is 4.86. The molecule has 1 fully saturated rings. The minimum atomic E-state index is -1.42. The highest BCUT2D eigenvalue weighted by molar-refractivity contribution is 8.25. The lowest BCUT2D eigenvalue weighted by Crippen LogP contribution is -2.27. The van der Waals surface area contributed by atoms with E-state index in [1.807, 2.05) is 24.6 Å². The molecule has 0 bridgehead atoms. The van der Waals surface area contributed by atoms with Crippen molar-refractivity contribution in [1.82, 2.24) is 40.2 Å². The van der Waals surface area contributed by atoms with E-state index in [9.17, 15) is 4.39 Å². The second-order valence-corrected chi connectivity index (χ2v) is 12.7. The molecule has 0 saturated carbocycles. The first-order valence-electron chi connectivity index (χ1n) is 12.2. The summed E-state index contributed by atoms with van der Waals surface area (Å²) in [7, 11) is -1.42. The number of rotatable bonds is 6. The molecule has 0 amide bonds. The molecule has 0 atom stereocenters. The molecule has 4 aromatic heterocycles. The average Bonchev–Trinajstić information content (AvgIpc) is 3.51. The smallest absolute Gasteiger partial charge is 0.159 e. The molecule has 1 saturated heterocycles. The van der Waals surface area contributed by atoms with Gasteiger partial charge in [-0.15, -0.1) is 0 Å². The van der Waals surface area contributed by atoms with E-state index < -0.39 is 9.39 Å². The Hall–Kier alpha value is -3.60. The molecule has 6 rings (SSSR count). The zero-order chi connectivity index (χ0) is 25.6. The minimum absolute atomic E-state index is 0.329. The summed E-state index contributed by atoms with van der Waals surface area (Å²) in [4.78, 5) is 17.5. The van der Waals surface area contributed by atoms with E-state index in [4.69, 9.17) is 9.97 Å². The third-order valence-corrected chi connectivity index (χ3v) is 7.55. The number of hydrogen-bond acceptors (Lipinski definition) is 6. The second kappa shape index (κ2) is 9.37. The van der Waals surface area contributed by atoms with Crippen molar-refractivity contribution < 1.29 is 4.39 Å². The molecule has 37 heavy (non-hydrogen) atoms. The number of nitrogens with zero attached hydrogens (tertiary/aromatic N) is 4. The molecule has 0 spiro atoms. The van der Waals surface area contributed by atoms with Gasteiger partial charge in [-0.25, -0.2) is 9.37 Å². The highest BCUT2D eigenvalue weighted by Gasteiger charge is 2.20. The zero-order valence-electron chi connectivity index (χ0n) is 20.6. The van der Waals surface area contributed by atoms with E-state index in [1.54, 1.807) is 6.20 Å².